The summed E-state index contributed by atoms with van der Waals surface area (Å²) in [6.07, 6.45) is 3.53. The van der Waals surface area contributed by atoms with E-state index < -0.39 is 0 Å². The van der Waals surface area contributed by atoms with Crippen molar-refractivity contribution in [3.8, 4) is 5.75 Å². The van der Waals surface area contributed by atoms with E-state index in [4.69, 9.17) is 16.3 Å². The minimum absolute atomic E-state index is 0.408. The van der Waals surface area contributed by atoms with Gasteiger partial charge in [-0.15, -0.1) is 0 Å². The molecule has 1 heterocycles. The maximum atomic E-state index is 6.26. The fourth-order valence-corrected chi connectivity index (χ4v) is 2.52. The molecule has 21 heavy (non-hydrogen) atoms. The molecule has 2 aromatic rings. The lowest BCUT2D eigenvalue weighted by molar-refractivity contribution is 0.301. The van der Waals surface area contributed by atoms with Crippen LogP contribution in [0.3, 0.4) is 0 Å². The van der Waals surface area contributed by atoms with Crippen LogP contribution in [0.25, 0.3) is 0 Å². The van der Waals surface area contributed by atoms with Crippen molar-refractivity contribution in [1.82, 2.24) is 10.3 Å². The lowest BCUT2D eigenvalue weighted by Gasteiger charge is -2.15. The summed E-state index contributed by atoms with van der Waals surface area (Å²) < 4.78 is 6.84. The molecule has 1 aromatic heterocycles. The largest absolute Gasteiger partial charge is 0.487 e. The number of benzene rings is 1. The van der Waals surface area contributed by atoms with Gasteiger partial charge in [-0.3, -0.25) is 4.98 Å². The molecule has 0 atom stereocenters. The average Bonchev–Trinajstić information content (AvgIpc) is 2.44. The van der Waals surface area contributed by atoms with Gasteiger partial charge in [0, 0.05) is 40.6 Å². The van der Waals surface area contributed by atoms with E-state index in [2.05, 4.69) is 40.1 Å². The normalized spacial score (nSPS) is 10.9. The summed E-state index contributed by atoms with van der Waals surface area (Å²) in [5.74, 6) is 0.729. The summed E-state index contributed by atoms with van der Waals surface area (Å²) in [5, 5.41) is 4.00. The second-order valence-corrected chi connectivity index (χ2v) is 6.39. The zero-order valence-corrected chi connectivity index (χ0v) is 14.4. The molecule has 0 fully saturated rings. The van der Waals surface area contributed by atoms with Crippen LogP contribution in [0.15, 0.2) is 41.1 Å². The van der Waals surface area contributed by atoms with Gasteiger partial charge in [0.15, 0.2) is 0 Å². The highest BCUT2D eigenvalue weighted by Gasteiger charge is 2.09. The van der Waals surface area contributed by atoms with Gasteiger partial charge >= 0.3 is 0 Å². The Morgan fingerprint density at radius 3 is 2.86 bits per heavy atom. The summed E-state index contributed by atoms with van der Waals surface area (Å²) >= 11 is 9.67. The van der Waals surface area contributed by atoms with Crippen LogP contribution in [0.4, 0.5) is 0 Å². The van der Waals surface area contributed by atoms with Crippen LogP contribution in [0.2, 0.25) is 5.02 Å². The van der Waals surface area contributed by atoms with Crippen molar-refractivity contribution in [2.24, 2.45) is 0 Å². The molecule has 0 aliphatic carbocycles. The lowest BCUT2D eigenvalue weighted by Crippen LogP contribution is -2.22. The first-order chi connectivity index (χ1) is 10.1. The van der Waals surface area contributed by atoms with Crippen molar-refractivity contribution in [3.05, 3.63) is 57.3 Å². The van der Waals surface area contributed by atoms with Crippen molar-refractivity contribution < 1.29 is 4.74 Å². The smallest absolute Gasteiger partial charge is 0.142 e. The summed E-state index contributed by atoms with van der Waals surface area (Å²) in [7, 11) is 0. The van der Waals surface area contributed by atoms with E-state index in [1.54, 1.807) is 12.4 Å². The molecule has 0 saturated heterocycles. The number of hydrogen-bond acceptors (Lipinski definition) is 3. The van der Waals surface area contributed by atoms with E-state index in [0.29, 0.717) is 17.7 Å². The lowest BCUT2D eigenvalue weighted by atomic mass is 10.2. The highest BCUT2D eigenvalue weighted by Crippen LogP contribution is 2.29. The van der Waals surface area contributed by atoms with Gasteiger partial charge in [0.1, 0.15) is 12.4 Å². The molecule has 0 radical (unpaired) electrons. The fraction of sp³-hybridized carbons (Fsp3) is 0.312. The van der Waals surface area contributed by atoms with E-state index >= 15 is 0 Å². The number of halogens is 2. The molecular formula is C16H18BrClN2O. The Kier molecular flexibility index (Phi) is 6.03. The Morgan fingerprint density at radius 2 is 2.14 bits per heavy atom. The predicted molar refractivity (Wildman–Crippen MR) is 89.7 cm³/mol. The van der Waals surface area contributed by atoms with Crippen LogP contribution in [-0.4, -0.2) is 11.0 Å². The summed E-state index contributed by atoms with van der Waals surface area (Å²) in [6, 6.07) is 8.19. The number of para-hydroxylation sites is 1. The van der Waals surface area contributed by atoms with Crippen molar-refractivity contribution in [1.29, 1.82) is 0 Å². The van der Waals surface area contributed by atoms with Gasteiger partial charge in [-0.1, -0.05) is 37.6 Å². The zero-order chi connectivity index (χ0) is 15.2. The average molecular weight is 370 g/mol. The van der Waals surface area contributed by atoms with Gasteiger partial charge in [-0.05, 0) is 28.1 Å². The van der Waals surface area contributed by atoms with E-state index in [1.165, 1.54) is 0 Å². The minimum atomic E-state index is 0.408. The molecule has 5 heteroatoms. The highest BCUT2D eigenvalue weighted by molar-refractivity contribution is 9.10. The van der Waals surface area contributed by atoms with Crippen LogP contribution >= 0.6 is 27.5 Å². The maximum absolute atomic E-state index is 6.26. The SMILES string of the molecule is CC(C)NCc1cccc(Cl)c1OCc1cncc(Br)c1. The molecule has 0 amide bonds. The van der Waals surface area contributed by atoms with Gasteiger partial charge < -0.3 is 10.1 Å². The summed E-state index contributed by atoms with van der Waals surface area (Å²) in [4.78, 5) is 4.13. The number of nitrogens with zero attached hydrogens (tertiary/aromatic N) is 1. The Labute approximate surface area is 138 Å². The first-order valence-electron chi connectivity index (χ1n) is 6.79. The molecule has 0 spiro atoms. The molecule has 0 saturated carbocycles. The molecule has 0 bridgehead atoms. The van der Waals surface area contributed by atoms with Crippen LogP contribution in [-0.2, 0) is 13.2 Å². The maximum Gasteiger partial charge on any atom is 0.142 e. The number of aromatic nitrogens is 1. The highest BCUT2D eigenvalue weighted by atomic mass is 79.9. The Hall–Kier alpha value is -1.10. The molecule has 3 nitrogen and oxygen atoms in total. The minimum Gasteiger partial charge on any atom is -0.487 e. The van der Waals surface area contributed by atoms with Gasteiger partial charge in [-0.2, -0.15) is 0 Å². The molecular weight excluding hydrogens is 352 g/mol. The monoisotopic (exact) mass is 368 g/mol. The molecule has 0 aliphatic heterocycles. The fourth-order valence-electron chi connectivity index (χ4n) is 1.86. The van der Waals surface area contributed by atoms with Gasteiger partial charge in [0.25, 0.3) is 0 Å². The predicted octanol–water partition coefficient (Wildman–Crippen LogP) is 4.57. The Bertz CT molecular complexity index is 605. The Morgan fingerprint density at radius 1 is 1.33 bits per heavy atom. The third kappa shape index (κ3) is 4.99. The summed E-state index contributed by atoms with van der Waals surface area (Å²) in [5.41, 5.74) is 2.05. The number of nitrogens with one attached hydrogen (secondary N) is 1. The van der Waals surface area contributed by atoms with Gasteiger partial charge in [0.05, 0.1) is 5.02 Å². The molecule has 112 valence electrons. The van der Waals surface area contributed by atoms with Crippen molar-refractivity contribution in [3.63, 3.8) is 0 Å². The molecule has 0 aliphatic rings. The molecule has 2 rings (SSSR count). The standard InChI is InChI=1S/C16H18BrClN2O/c1-11(2)20-8-13-4-3-5-15(18)16(13)21-10-12-6-14(17)9-19-7-12/h3-7,9,11,20H,8,10H2,1-2H3. The van der Waals surface area contributed by atoms with Crippen LogP contribution < -0.4 is 10.1 Å². The van der Waals surface area contributed by atoms with E-state index in [0.717, 1.165) is 27.9 Å². The second kappa shape index (κ2) is 7.78. The van der Waals surface area contributed by atoms with E-state index in [-0.39, 0.29) is 0 Å². The first-order valence-corrected chi connectivity index (χ1v) is 7.96. The van der Waals surface area contributed by atoms with Crippen LogP contribution in [0.5, 0.6) is 5.75 Å². The number of hydrogen-bond donors (Lipinski definition) is 1. The first kappa shape index (κ1) is 16.3. The second-order valence-electron chi connectivity index (χ2n) is 5.06. The topological polar surface area (TPSA) is 34.1 Å². The van der Waals surface area contributed by atoms with Crippen molar-refractivity contribution in [2.45, 2.75) is 33.0 Å². The van der Waals surface area contributed by atoms with Gasteiger partial charge in [0.2, 0.25) is 0 Å². The number of rotatable bonds is 6. The van der Waals surface area contributed by atoms with E-state index in [1.807, 2.05) is 24.3 Å². The zero-order valence-electron chi connectivity index (χ0n) is 12.1. The Balaban J connectivity index is 2.11. The molecule has 1 N–H and O–H groups in total. The summed E-state index contributed by atoms with van der Waals surface area (Å²) in [6.45, 7) is 5.38. The number of ether oxygens (including phenoxy) is 1. The van der Waals surface area contributed by atoms with Gasteiger partial charge in [-0.25, -0.2) is 0 Å². The van der Waals surface area contributed by atoms with E-state index in [9.17, 15) is 0 Å². The van der Waals surface area contributed by atoms with Crippen molar-refractivity contribution >= 4 is 27.5 Å². The number of pyridine rings is 1. The third-order valence-corrected chi connectivity index (χ3v) is 3.63. The van der Waals surface area contributed by atoms with Crippen LogP contribution in [0.1, 0.15) is 25.0 Å². The molecule has 0 unspecified atom stereocenters. The van der Waals surface area contributed by atoms with Crippen molar-refractivity contribution in [2.75, 3.05) is 0 Å². The van der Waals surface area contributed by atoms with Crippen LogP contribution in [0, 0.1) is 0 Å². The third-order valence-electron chi connectivity index (χ3n) is 2.89. The molecule has 1 aromatic carbocycles. The quantitative estimate of drug-likeness (QED) is 0.809.